The molecule has 0 aliphatic rings. The average Bonchev–Trinajstić information content (AvgIpc) is 2.70. The molecule has 0 aliphatic carbocycles. The van der Waals surface area contributed by atoms with Crippen molar-refractivity contribution in [2.45, 2.75) is 32.2 Å². The molecule has 1 aromatic heterocycles. The van der Waals surface area contributed by atoms with E-state index in [9.17, 15) is 4.39 Å². The third-order valence-corrected chi connectivity index (χ3v) is 4.28. The van der Waals surface area contributed by atoms with E-state index in [1.54, 1.807) is 16.8 Å². The minimum atomic E-state index is -0.330. The molecule has 0 bridgehead atoms. The number of rotatable bonds is 5. The van der Waals surface area contributed by atoms with Crippen LogP contribution in [0.5, 0.6) is 0 Å². The zero-order valence-corrected chi connectivity index (χ0v) is 13.5. The number of aromatic nitrogens is 2. The van der Waals surface area contributed by atoms with Gasteiger partial charge in [-0.1, -0.05) is 36.2 Å². The van der Waals surface area contributed by atoms with Crippen LogP contribution in [-0.4, -0.2) is 15.8 Å². The van der Waals surface area contributed by atoms with Crippen molar-refractivity contribution in [2.24, 2.45) is 12.8 Å². The van der Waals surface area contributed by atoms with Crippen molar-refractivity contribution >= 4 is 23.2 Å². The van der Waals surface area contributed by atoms with Gasteiger partial charge in [-0.3, -0.25) is 4.68 Å². The van der Waals surface area contributed by atoms with Gasteiger partial charge in [-0.05, 0) is 25.0 Å². The first-order chi connectivity index (χ1) is 9.93. The van der Waals surface area contributed by atoms with Crippen LogP contribution in [0.15, 0.2) is 18.2 Å². The Kier molecular flexibility index (Phi) is 5.25. The van der Waals surface area contributed by atoms with Crippen LogP contribution < -0.4 is 5.73 Å². The van der Waals surface area contributed by atoms with E-state index >= 15 is 0 Å². The summed E-state index contributed by atoms with van der Waals surface area (Å²) in [5.74, 6) is -0.330. The zero-order valence-electron chi connectivity index (χ0n) is 12.0. The second kappa shape index (κ2) is 6.77. The number of halogens is 3. The summed E-state index contributed by atoms with van der Waals surface area (Å²) >= 11 is 12.3. The lowest BCUT2D eigenvalue weighted by atomic mass is 10.0. The number of hydrogen-bond donors (Lipinski definition) is 1. The summed E-state index contributed by atoms with van der Waals surface area (Å²) < 4.78 is 15.5. The van der Waals surface area contributed by atoms with Crippen molar-refractivity contribution in [3.8, 4) is 0 Å². The number of hydrogen-bond acceptors (Lipinski definition) is 2. The maximum absolute atomic E-state index is 13.8. The van der Waals surface area contributed by atoms with Gasteiger partial charge in [0.15, 0.2) is 0 Å². The van der Waals surface area contributed by atoms with Crippen molar-refractivity contribution in [1.82, 2.24) is 9.78 Å². The second-order valence-corrected chi connectivity index (χ2v) is 5.84. The van der Waals surface area contributed by atoms with Gasteiger partial charge in [-0.2, -0.15) is 5.10 Å². The van der Waals surface area contributed by atoms with Gasteiger partial charge in [-0.25, -0.2) is 4.39 Å². The Hall–Kier alpha value is -1.10. The van der Waals surface area contributed by atoms with Crippen LogP contribution >= 0.6 is 23.2 Å². The first-order valence-corrected chi connectivity index (χ1v) is 7.58. The van der Waals surface area contributed by atoms with E-state index in [-0.39, 0.29) is 11.9 Å². The molecule has 0 amide bonds. The van der Waals surface area contributed by atoms with E-state index in [1.165, 1.54) is 6.07 Å². The van der Waals surface area contributed by atoms with E-state index < -0.39 is 0 Å². The summed E-state index contributed by atoms with van der Waals surface area (Å²) in [6.07, 6.45) is 1.64. The number of nitrogens with two attached hydrogens (primary N) is 1. The lowest BCUT2D eigenvalue weighted by Gasteiger charge is -2.14. The summed E-state index contributed by atoms with van der Waals surface area (Å²) in [5, 5.41) is 5.40. The summed E-state index contributed by atoms with van der Waals surface area (Å²) in [7, 11) is 1.84. The molecule has 1 unspecified atom stereocenters. The highest BCUT2D eigenvalue weighted by molar-refractivity contribution is 6.32. The highest BCUT2D eigenvalue weighted by atomic mass is 35.5. The predicted octanol–water partition coefficient (Wildman–Crippen LogP) is 3.54. The predicted molar refractivity (Wildman–Crippen MR) is 84.4 cm³/mol. The molecule has 0 radical (unpaired) electrons. The first kappa shape index (κ1) is 16.3. The maximum Gasteiger partial charge on any atom is 0.127 e. The quantitative estimate of drug-likeness (QED) is 0.911. The Bertz CT molecular complexity index is 620. The van der Waals surface area contributed by atoms with Crippen molar-refractivity contribution in [3.63, 3.8) is 0 Å². The Morgan fingerprint density at radius 2 is 2.05 bits per heavy atom. The Balaban J connectivity index is 2.16. The van der Waals surface area contributed by atoms with Crippen LogP contribution in [0.3, 0.4) is 0 Å². The molecule has 0 saturated heterocycles. The van der Waals surface area contributed by atoms with Gasteiger partial charge < -0.3 is 5.73 Å². The third-order valence-electron chi connectivity index (χ3n) is 3.49. The summed E-state index contributed by atoms with van der Waals surface area (Å²) in [6, 6.07) is 4.36. The fraction of sp³-hybridized carbons (Fsp3) is 0.400. The van der Waals surface area contributed by atoms with Crippen LogP contribution in [0.2, 0.25) is 10.0 Å². The molecule has 0 aliphatic heterocycles. The van der Waals surface area contributed by atoms with Crippen LogP contribution in [-0.2, 0) is 26.3 Å². The first-order valence-electron chi connectivity index (χ1n) is 6.82. The summed E-state index contributed by atoms with van der Waals surface area (Å²) in [6.45, 7) is 2.00. The van der Waals surface area contributed by atoms with Gasteiger partial charge in [-0.15, -0.1) is 0 Å². The third kappa shape index (κ3) is 3.57. The molecule has 1 atom stereocenters. The lowest BCUT2D eigenvalue weighted by Crippen LogP contribution is -2.27. The minimum absolute atomic E-state index is 0.281. The van der Waals surface area contributed by atoms with Gasteiger partial charge in [0, 0.05) is 30.1 Å². The topological polar surface area (TPSA) is 43.8 Å². The van der Waals surface area contributed by atoms with Crippen molar-refractivity contribution in [3.05, 3.63) is 51.0 Å². The molecule has 1 aromatic carbocycles. The molecule has 6 heteroatoms. The second-order valence-electron chi connectivity index (χ2n) is 5.05. The smallest absolute Gasteiger partial charge is 0.127 e. The SMILES string of the molecule is CCc1nn(C)c(CC(N)Cc2c(F)cccc2Cl)c1Cl. The molecule has 0 spiro atoms. The minimum Gasteiger partial charge on any atom is -0.327 e. The lowest BCUT2D eigenvalue weighted by molar-refractivity contribution is 0.571. The van der Waals surface area contributed by atoms with E-state index in [2.05, 4.69) is 5.10 Å². The molecular weight excluding hydrogens is 312 g/mol. The molecule has 1 heterocycles. The molecule has 2 aromatic rings. The molecule has 0 fully saturated rings. The number of nitrogens with zero attached hydrogens (tertiary/aromatic N) is 2. The zero-order chi connectivity index (χ0) is 15.6. The highest BCUT2D eigenvalue weighted by Gasteiger charge is 2.18. The molecule has 21 heavy (non-hydrogen) atoms. The van der Waals surface area contributed by atoms with Crippen molar-refractivity contribution in [1.29, 1.82) is 0 Å². The van der Waals surface area contributed by atoms with Gasteiger partial charge in [0.1, 0.15) is 5.82 Å². The van der Waals surface area contributed by atoms with E-state index in [1.807, 2.05) is 14.0 Å². The molecule has 3 nitrogen and oxygen atoms in total. The molecular formula is C15H18Cl2FN3. The maximum atomic E-state index is 13.8. The molecule has 2 N–H and O–H groups in total. The normalized spacial score (nSPS) is 12.7. The van der Waals surface area contributed by atoms with Gasteiger partial charge in [0.05, 0.1) is 16.4 Å². The van der Waals surface area contributed by atoms with E-state index in [4.69, 9.17) is 28.9 Å². The standard InChI is InChI=1S/C15H18Cl2FN3/c1-3-13-15(17)14(21(2)20-13)8-9(19)7-10-11(16)5-4-6-12(10)18/h4-6,9H,3,7-8,19H2,1-2H3. The molecule has 2 rings (SSSR count). The number of aryl methyl sites for hydroxylation is 2. The van der Waals surface area contributed by atoms with Crippen LogP contribution in [0.25, 0.3) is 0 Å². The van der Waals surface area contributed by atoms with Gasteiger partial charge >= 0.3 is 0 Å². The van der Waals surface area contributed by atoms with Crippen molar-refractivity contribution < 1.29 is 4.39 Å². The monoisotopic (exact) mass is 329 g/mol. The molecule has 0 saturated carbocycles. The Morgan fingerprint density at radius 3 is 2.62 bits per heavy atom. The largest absolute Gasteiger partial charge is 0.327 e. The Labute approximate surface area is 133 Å². The van der Waals surface area contributed by atoms with Crippen molar-refractivity contribution in [2.75, 3.05) is 0 Å². The fourth-order valence-corrected chi connectivity index (χ4v) is 2.96. The number of benzene rings is 1. The van der Waals surface area contributed by atoms with Crippen LogP contribution in [0, 0.1) is 5.82 Å². The Morgan fingerprint density at radius 1 is 1.33 bits per heavy atom. The van der Waals surface area contributed by atoms with Gasteiger partial charge in [0.25, 0.3) is 0 Å². The highest BCUT2D eigenvalue weighted by Crippen LogP contribution is 2.24. The van der Waals surface area contributed by atoms with Crippen LogP contribution in [0.1, 0.15) is 23.9 Å². The summed E-state index contributed by atoms with van der Waals surface area (Å²) in [4.78, 5) is 0. The summed E-state index contributed by atoms with van der Waals surface area (Å²) in [5.41, 5.74) is 8.31. The average molecular weight is 330 g/mol. The fourth-order valence-electron chi connectivity index (χ4n) is 2.35. The van der Waals surface area contributed by atoms with E-state index in [0.29, 0.717) is 28.5 Å². The molecule has 114 valence electrons. The van der Waals surface area contributed by atoms with Crippen LogP contribution in [0.4, 0.5) is 4.39 Å². The van der Waals surface area contributed by atoms with E-state index in [0.717, 1.165) is 17.8 Å². The van der Waals surface area contributed by atoms with Gasteiger partial charge in [0.2, 0.25) is 0 Å².